The Kier molecular flexibility index (Phi) is 7.22. The van der Waals surface area contributed by atoms with Gasteiger partial charge in [-0.2, -0.15) is 0 Å². The molecule has 2 aromatic carbocycles. The maximum absolute atomic E-state index is 13.0. The first-order valence-corrected chi connectivity index (χ1v) is 9.13. The third kappa shape index (κ3) is 5.09. The van der Waals surface area contributed by atoms with E-state index >= 15 is 0 Å². The van der Waals surface area contributed by atoms with Crippen LogP contribution in [0.25, 0.3) is 0 Å². The number of ether oxygens (including phenoxy) is 1. The highest BCUT2D eigenvalue weighted by atomic mass is 16.5. The summed E-state index contributed by atoms with van der Waals surface area (Å²) in [7, 11) is 1.71. The monoisotopic (exact) mass is 355 g/mol. The zero-order valence-electron chi connectivity index (χ0n) is 16.1. The quantitative estimate of drug-likeness (QED) is 0.768. The molecule has 4 heteroatoms. The van der Waals surface area contributed by atoms with E-state index in [1.54, 1.807) is 18.0 Å². The minimum atomic E-state index is -0.751. The normalized spacial score (nSPS) is 13.3. The van der Waals surface area contributed by atoms with Crippen molar-refractivity contribution in [3.8, 4) is 5.75 Å². The molecule has 0 bridgehead atoms. The molecule has 2 unspecified atom stereocenters. The van der Waals surface area contributed by atoms with Gasteiger partial charge in [-0.1, -0.05) is 56.3 Å². The second-order valence-electron chi connectivity index (χ2n) is 7.04. The van der Waals surface area contributed by atoms with E-state index in [0.717, 1.165) is 12.0 Å². The summed E-state index contributed by atoms with van der Waals surface area (Å²) in [6.45, 7) is 6.70. The first kappa shape index (κ1) is 20.0. The maximum Gasteiger partial charge on any atom is 0.257 e. The van der Waals surface area contributed by atoms with Gasteiger partial charge >= 0.3 is 0 Å². The number of rotatable bonds is 8. The highest BCUT2D eigenvalue weighted by Crippen LogP contribution is 2.25. The van der Waals surface area contributed by atoms with E-state index in [1.807, 2.05) is 55.5 Å². The highest BCUT2D eigenvalue weighted by molar-refractivity contribution is 5.97. The summed E-state index contributed by atoms with van der Waals surface area (Å²) in [5.41, 5.74) is 1.31. The van der Waals surface area contributed by atoms with Crippen molar-refractivity contribution >= 4 is 5.91 Å². The average molecular weight is 355 g/mol. The number of para-hydroxylation sites is 1. The summed E-state index contributed by atoms with van der Waals surface area (Å²) >= 11 is 0. The van der Waals surface area contributed by atoms with Crippen LogP contribution in [0.1, 0.15) is 49.2 Å². The molecule has 0 aliphatic carbocycles. The van der Waals surface area contributed by atoms with Crippen LogP contribution in [0.5, 0.6) is 5.75 Å². The SMILES string of the molecule is CC(C)CCOc1ccccc1C(=O)N(C)C(C)C(O)c1ccccc1. The molecule has 1 amide bonds. The number of aliphatic hydroxyl groups is 1. The molecule has 0 aliphatic rings. The fourth-order valence-corrected chi connectivity index (χ4v) is 2.69. The van der Waals surface area contributed by atoms with Crippen molar-refractivity contribution in [3.05, 3.63) is 65.7 Å². The number of hydrogen-bond acceptors (Lipinski definition) is 3. The highest BCUT2D eigenvalue weighted by Gasteiger charge is 2.26. The fraction of sp³-hybridized carbons (Fsp3) is 0.409. The molecule has 0 saturated heterocycles. The topological polar surface area (TPSA) is 49.8 Å². The van der Waals surface area contributed by atoms with Gasteiger partial charge in [0, 0.05) is 7.05 Å². The molecule has 0 heterocycles. The summed E-state index contributed by atoms with van der Waals surface area (Å²) in [4.78, 5) is 14.5. The molecular weight excluding hydrogens is 326 g/mol. The zero-order valence-corrected chi connectivity index (χ0v) is 16.1. The van der Waals surface area contributed by atoms with Gasteiger partial charge in [0.2, 0.25) is 0 Å². The Balaban J connectivity index is 2.12. The van der Waals surface area contributed by atoms with Gasteiger partial charge in [0.15, 0.2) is 0 Å². The van der Waals surface area contributed by atoms with Crippen LogP contribution in [0, 0.1) is 5.92 Å². The maximum atomic E-state index is 13.0. The van der Waals surface area contributed by atoms with Crippen LogP contribution in [-0.4, -0.2) is 35.6 Å². The van der Waals surface area contributed by atoms with Gasteiger partial charge in [0.1, 0.15) is 5.75 Å². The Hall–Kier alpha value is -2.33. The van der Waals surface area contributed by atoms with Crippen molar-refractivity contribution in [2.24, 2.45) is 5.92 Å². The van der Waals surface area contributed by atoms with E-state index in [9.17, 15) is 9.90 Å². The second-order valence-corrected chi connectivity index (χ2v) is 7.04. The molecule has 1 N–H and O–H groups in total. The van der Waals surface area contributed by atoms with Gasteiger partial charge in [-0.05, 0) is 37.0 Å². The van der Waals surface area contributed by atoms with E-state index < -0.39 is 6.10 Å². The molecule has 0 spiro atoms. The predicted octanol–water partition coefficient (Wildman–Crippen LogP) is 4.31. The van der Waals surface area contributed by atoms with Gasteiger partial charge < -0.3 is 14.7 Å². The van der Waals surface area contributed by atoms with Crippen LogP contribution in [0.15, 0.2) is 54.6 Å². The number of nitrogens with zero attached hydrogens (tertiary/aromatic N) is 1. The van der Waals surface area contributed by atoms with Crippen molar-refractivity contribution in [1.82, 2.24) is 4.90 Å². The molecule has 2 aromatic rings. The van der Waals surface area contributed by atoms with Gasteiger partial charge in [-0.15, -0.1) is 0 Å². The molecule has 2 atom stereocenters. The molecule has 4 nitrogen and oxygen atoms in total. The zero-order chi connectivity index (χ0) is 19.1. The predicted molar refractivity (Wildman–Crippen MR) is 104 cm³/mol. The van der Waals surface area contributed by atoms with Crippen LogP contribution >= 0.6 is 0 Å². The lowest BCUT2D eigenvalue weighted by atomic mass is 10.0. The van der Waals surface area contributed by atoms with E-state index in [2.05, 4.69) is 13.8 Å². The van der Waals surface area contributed by atoms with E-state index in [1.165, 1.54) is 0 Å². The second kappa shape index (κ2) is 9.39. The Morgan fingerprint density at radius 2 is 1.65 bits per heavy atom. The fourth-order valence-electron chi connectivity index (χ4n) is 2.69. The third-order valence-electron chi connectivity index (χ3n) is 4.60. The van der Waals surface area contributed by atoms with Crippen LogP contribution in [-0.2, 0) is 0 Å². The van der Waals surface area contributed by atoms with E-state index in [4.69, 9.17) is 4.74 Å². The number of aliphatic hydroxyl groups excluding tert-OH is 1. The number of benzene rings is 2. The molecule has 0 aromatic heterocycles. The lowest BCUT2D eigenvalue weighted by molar-refractivity contribution is 0.0483. The summed E-state index contributed by atoms with van der Waals surface area (Å²) in [6, 6.07) is 16.3. The summed E-state index contributed by atoms with van der Waals surface area (Å²) in [5, 5.41) is 10.6. The van der Waals surface area contributed by atoms with Crippen molar-refractivity contribution in [3.63, 3.8) is 0 Å². The third-order valence-corrected chi connectivity index (χ3v) is 4.60. The number of carbonyl (C=O) groups excluding carboxylic acids is 1. The van der Waals surface area contributed by atoms with Gasteiger partial charge in [-0.25, -0.2) is 0 Å². The van der Waals surface area contributed by atoms with E-state index in [-0.39, 0.29) is 11.9 Å². The lowest BCUT2D eigenvalue weighted by Gasteiger charge is -2.29. The van der Waals surface area contributed by atoms with Gasteiger partial charge in [-0.3, -0.25) is 4.79 Å². The lowest BCUT2D eigenvalue weighted by Crippen LogP contribution is -2.39. The Labute approximate surface area is 156 Å². The van der Waals surface area contributed by atoms with Gasteiger partial charge in [0.25, 0.3) is 5.91 Å². The van der Waals surface area contributed by atoms with Crippen molar-refractivity contribution in [2.45, 2.75) is 39.3 Å². The minimum absolute atomic E-state index is 0.160. The summed E-state index contributed by atoms with van der Waals surface area (Å²) in [6.07, 6.45) is 0.181. The molecule has 0 radical (unpaired) electrons. The number of likely N-dealkylation sites (N-methyl/N-ethyl adjacent to an activating group) is 1. The minimum Gasteiger partial charge on any atom is -0.493 e. The van der Waals surface area contributed by atoms with Gasteiger partial charge in [0.05, 0.1) is 24.3 Å². The number of carbonyl (C=O) groups is 1. The smallest absolute Gasteiger partial charge is 0.257 e. The molecule has 2 rings (SSSR count). The van der Waals surface area contributed by atoms with Crippen molar-refractivity contribution < 1.29 is 14.6 Å². The molecule has 140 valence electrons. The molecule has 0 saturated carbocycles. The van der Waals surface area contributed by atoms with Crippen LogP contribution in [0.2, 0.25) is 0 Å². The van der Waals surface area contributed by atoms with Crippen molar-refractivity contribution in [2.75, 3.05) is 13.7 Å². The summed E-state index contributed by atoms with van der Waals surface area (Å²) < 4.78 is 5.83. The van der Waals surface area contributed by atoms with E-state index in [0.29, 0.717) is 23.8 Å². The molecule has 0 aliphatic heterocycles. The Morgan fingerprint density at radius 1 is 1.04 bits per heavy atom. The van der Waals surface area contributed by atoms with Crippen molar-refractivity contribution in [1.29, 1.82) is 0 Å². The Bertz CT molecular complexity index is 700. The van der Waals surface area contributed by atoms with Crippen LogP contribution in [0.4, 0.5) is 0 Å². The first-order chi connectivity index (χ1) is 12.4. The number of hydrogen-bond donors (Lipinski definition) is 1. The largest absolute Gasteiger partial charge is 0.493 e. The standard InChI is InChI=1S/C22H29NO3/c1-16(2)14-15-26-20-13-9-8-12-19(20)22(25)23(4)17(3)21(24)18-10-6-5-7-11-18/h5-13,16-17,21,24H,14-15H2,1-4H3. The molecule has 0 fully saturated rings. The number of amides is 1. The summed E-state index contributed by atoms with van der Waals surface area (Å²) in [5.74, 6) is 0.973. The molecular formula is C22H29NO3. The average Bonchev–Trinajstić information content (AvgIpc) is 2.66. The first-order valence-electron chi connectivity index (χ1n) is 9.13. The Morgan fingerprint density at radius 3 is 2.31 bits per heavy atom. The molecule has 26 heavy (non-hydrogen) atoms. The van der Waals surface area contributed by atoms with Crippen LogP contribution in [0.3, 0.4) is 0 Å². The van der Waals surface area contributed by atoms with Crippen LogP contribution < -0.4 is 4.74 Å².